The average Bonchev–Trinajstić information content (AvgIpc) is 2.34. The molecule has 16 heavy (non-hydrogen) atoms. The number of carbonyl (C=O) groups is 2. The van der Waals surface area contributed by atoms with Gasteiger partial charge in [0.15, 0.2) is 6.61 Å². The van der Waals surface area contributed by atoms with Gasteiger partial charge in [-0.3, -0.25) is 20.4 Å². The van der Waals surface area contributed by atoms with Crippen molar-refractivity contribution >= 4 is 23.4 Å². The van der Waals surface area contributed by atoms with Crippen molar-refractivity contribution in [3.63, 3.8) is 0 Å². The van der Waals surface area contributed by atoms with Gasteiger partial charge in [-0.1, -0.05) is 18.2 Å². The fraction of sp³-hybridized carbons (Fsp3) is 0.200. The van der Waals surface area contributed by atoms with Crippen LogP contribution in [0.5, 0.6) is 5.75 Å². The Morgan fingerprint density at radius 3 is 2.38 bits per heavy atom. The van der Waals surface area contributed by atoms with Crippen molar-refractivity contribution in [2.75, 3.05) is 12.5 Å². The van der Waals surface area contributed by atoms with Gasteiger partial charge < -0.3 is 4.74 Å². The van der Waals surface area contributed by atoms with E-state index < -0.39 is 11.8 Å². The van der Waals surface area contributed by atoms with Gasteiger partial charge >= 0.3 is 0 Å². The number of hydrazine groups is 1. The summed E-state index contributed by atoms with van der Waals surface area (Å²) in [5.74, 6) is -0.557. The summed E-state index contributed by atoms with van der Waals surface area (Å²) in [7, 11) is 0. The van der Waals surface area contributed by atoms with Crippen LogP contribution in [0.2, 0.25) is 0 Å². The first-order valence-electron chi connectivity index (χ1n) is 4.54. The van der Waals surface area contributed by atoms with Crippen LogP contribution in [0.15, 0.2) is 30.3 Å². The van der Waals surface area contributed by atoms with Crippen LogP contribution in [0.3, 0.4) is 0 Å². The fourth-order valence-electron chi connectivity index (χ4n) is 0.875. The van der Waals surface area contributed by atoms with Gasteiger partial charge in [0.05, 0.1) is 0 Å². The lowest BCUT2D eigenvalue weighted by molar-refractivity contribution is -0.128. The highest BCUT2D eigenvalue weighted by Gasteiger charge is 2.03. The molecule has 0 aromatic heterocycles. The van der Waals surface area contributed by atoms with E-state index in [1.807, 2.05) is 6.07 Å². The molecule has 0 unspecified atom stereocenters. The topological polar surface area (TPSA) is 67.4 Å². The van der Waals surface area contributed by atoms with Crippen molar-refractivity contribution in [2.24, 2.45) is 0 Å². The van der Waals surface area contributed by atoms with E-state index in [0.717, 1.165) is 0 Å². The molecule has 0 fully saturated rings. The van der Waals surface area contributed by atoms with Crippen molar-refractivity contribution in [3.05, 3.63) is 30.3 Å². The van der Waals surface area contributed by atoms with Gasteiger partial charge in [0.1, 0.15) is 11.6 Å². The summed E-state index contributed by atoms with van der Waals surface area (Å²) in [6, 6.07) is 8.88. The zero-order valence-corrected chi connectivity index (χ0v) is 9.16. The second-order valence-corrected chi connectivity index (χ2v) is 3.10. The largest absolute Gasteiger partial charge is 0.484 e. The zero-order valence-electron chi connectivity index (χ0n) is 8.40. The number of halogens is 1. The highest BCUT2D eigenvalue weighted by atomic mass is 35.5. The maximum atomic E-state index is 11.1. The van der Waals surface area contributed by atoms with Crippen molar-refractivity contribution in [3.8, 4) is 5.75 Å². The molecule has 2 amide bonds. The Hall–Kier alpha value is -1.75. The molecule has 5 nitrogen and oxygen atoms in total. The number of rotatable bonds is 4. The van der Waals surface area contributed by atoms with Crippen molar-refractivity contribution < 1.29 is 14.3 Å². The van der Waals surface area contributed by atoms with Crippen molar-refractivity contribution in [2.45, 2.75) is 0 Å². The maximum Gasteiger partial charge on any atom is 0.276 e. The van der Waals surface area contributed by atoms with E-state index in [9.17, 15) is 9.59 Å². The molecule has 1 rings (SSSR count). The summed E-state index contributed by atoms with van der Waals surface area (Å²) in [4.78, 5) is 21.8. The fourth-order valence-corrected chi connectivity index (χ4v) is 0.941. The van der Waals surface area contributed by atoms with Gasteiger partial charge in [-0.25, -0.2) is 0 Å². The molecule has 0 heterocycles. The van der Waals surface area contributed by atoms with E-state index in [1.165, 1.54) is 0 Å². The minimum absolute atomic E-state index is 0.174. The summed E-state index contributed by atoms with van der Waals surface area (Å²) in [5.41, 5.74) is 4.27. The number of ether oxygens (including phenoxy) is 1. The average molecular weight is 243 g/mol. The molecule has 0 bridgehead atoms. The Morgan fingerprint density at radius 1 is 1.12 bits per heavy atom. The number of benzene rings is 1. The molecule has 86 valence electrons. The van der Waals surface area contributed by atoms with Gasteiger partial charge in [-0.15, -0.1) is 11.6 Å². The molecule has 6 heteroatoms. The van der Waals surface area contributed by atoms with E-state index in [0.29, 0.717) is 5.75 Å². The summed E-state index contributed by atoms with van der Waals surface area (Å²) in [6.07, 6.45) is 0. The zero-order chi connectivity index (χ0) is 11.8. The van der Waals surface area contributed by atoms with Crippen LogP contribution in [0, 0.1) is 0 Å². The first-order chi connectivity index (χ1) is 7.72. The third-order valence-corrected chi connectivity index (χ3v) is 1.82. The van der Waals surface area contributed by atoms with Gasteiger partial charge in [-0.2, -0.15) is 0 Å². The van der Waals surface area contributed by atoms with E-state index in [4.69, 9.17) is 16.3 Å². The van der Waals surface area contributed by atoms with Crippen LogP contribution >= 0.6 is 11.6 Å². The van der Waals surface area contributed by atoms with Crippen LogP contribution in [0.4, 0.5) is 0 Å². The molecule has 0 radical (unpaired) electrons. The standard InChI is InChI=1S/C10H11ClN2O3/c11-6-9(14)12-13-10(15)7-16-8-4-2-1-3-5-8/h1-5H,6-7H2,(H,12,14)(H,13,15). The predicted molar refractivity (Wildman–Crippen MR) is 58.9 cm³/mol. The lowest BCUT2D eigenvalue weighted by atomic mass is 10.3. The van der Waals surface area contributed by atoms with Crippen LogP contribution in [0.1, 0.15) is 0 Å². The highest BCUT2D eigenvalue weighted by Crippen LogP contribution is 2.07. The Labute approximate surface area is 97.7 Å². The summed E-state index contributed by atoms with van der Waals surface area (Å²) >= 11 is 5.21. The molecule has 0 aliphatic carbocycles. The van der Waals surface area contributed by atoms with Crippen LogP contribution in [-0.2, 0) is 9.59 Å². The van der Waals surface area contributed by atoms with Crippen molar-refractivity contribution in [1.82, 2.24) is 10.9 Å². The number of alkyl halides is 1. The maximum absolute atomic E-state index is 11.1. The highest BCUT2D eigenvalue weighted by molar-refractivity contribution is 6.27. The smallest absolute Gasteiger partial charge is 0.276 e. The molecule has 0 atom stereocenters. The SMILES string of the molecule is O=C(CCl)NNC(=O)COc1ccccc1. The molecular formula is C10H11ClN2O3. The molecule has 0 saturated heterocycles. The summed E-state index contributed by atoms with van der Waals surface area (Å²) < 4.78 is 5.14. The Kier molecular flexibility index (Phi) is 5.15. The molecule has 0 saturated carbocycles. The lowest BCUT2D eigenvalue weighted by Gasteiger charge is -2.07. The molecule has 0 aliphatic rings. The van der Waals surface area contributed by atoms with E-state index >= 15 is 0 Å². The summed E-state index contributed by atoms with van der Waals surface area (Å²) in [5, 5.41) is 0. The second-order valence-electron chi connectivity index (χ2n) is 2.83. The Balaban J connectivity index is 2.23. The molecule has 0 aliphatic heterocycles. The number of amides is 2. The number of carbonyl (C=O) groups excluding carboxylic acids is 2. The molecule has 2 N–H and O–H groups in total. The van der Waals surface area contributed by atoms with Crippen LogP contribution in [0.25, 0.3) is 0 Å². The molecule has 0 spiro atoms. The minimum Gasteiger partial charge on any atom is -0.484 e. The first-order valence-corrected chi connectivity index (χ1v) is 5.07. The monoisotopic (exact) mass is 242 g/mol. The first kappa shape index (κ1) is 12.3. The van der Waals surface area contributed by atoms with E-state index in [2.05, 4.69) is 10.9 Å². The summed E-state index contributed by atoms with van der Waals surface area (Å²) in [6.45, 7) is -0.174. The van der Waals surface area contributed by atoms with Gasteiger partial charge in [0, 0.05) is 0 Å². The lowest BCUT2D eigenvalue weighted by Crippen LogP contribution is -2.44. The van der Waals surface area contributed by atoms with Gasteiger partial charge in [0.25, 0.3) is 11.8 Å². The normalized spacial score (nSPS) is 9.31. The Bertz CT molecular complexity index is 356. The number of nitrogens with one attached hydrogen (secondary N) is 2. The predicted octanol–water partition coefficient (Wildman–Crippen LogP) is 0.452. The third-order valence-electron chi connectivity index (χ3n) is 1.58. The quantitative estimate of drug-likeness (QED) is 0.595. The van der Waals surface area contributed by atoms with Gasteiger partial charge in [-0.05, 0) is 12.1 Å². The van der Waals surface area contributed by atoms with E-state index in [-0.39, 0.29) is 12.5 Å². The number of hydrogen-bond donors (Lipinski definition) is 2. The van der Waals surface area contributed by atoms with Crippen LogP contribution < -0.4 is 15.6 Å². The van der Waals surface area contributed by atoms with E-state index in [1.54, 1.807) is 24.3 Å². The second kappa shape index (κ2) is 6.68. The van der Waals surface area contributed by atoms with Gasteiger partial charge in [0.2, 0.25) is 0 Å². The molecular weight excluding hydrogens is 232 g/mol. The van der Waals surface area contributed by atoms with Crippen LogP contribution in [-0.4, -0.2) is 24.3 Å². The number of hydrogen-bond acceptors (Lipinski definition) is 3. The molecule has 1 aromatic rings. The van der Waals surface area contributed by atoms with Crippen molar-refractivity contribution in [1.29, 1.82) is 0 Å². The molecule has 1 aromatic carbocycles. The Morgan fingerprint density at radius 2 is 1.75 bits per heavy atom. The minimum atomic E-state index is -0.477. The number of para-hydroxylation sites is 1. The third kappa shape index (κ3) is 4.65.